The Morgan fingerprint density at radius 2 is 2.30 bits per heavy atom. The summed E-state index contributed by atoms with van der Waals surface area (Å²) in [5.41, 5.74) is 0. The van der Waals surface area contributed by atoms with Crippen molar-refractivity contribution >= 4 is 22.9 Å². The highest BCUT2D eigenvalue weighted by Gasteiger charge is 2.44. The number of likely N-dealkylation sites (N-methyl/N-ethyl adjacent to an activating group) is 1. The number of halogens is 1. The van der Waals surface area contributed by atoms with E-state index in [1.165, 1.54) is 26.1 Å². The van der Waals surface area contributed by atoms with E-state index < -0.39 is 0 Å². The zero-order chi connectivity index (χ0) is 7.14. The standard InChI is InChI=1S/C7H13IN2/c1-2-9-4-3-6-7(9)5-10(6)8/h6-7H,2-5H2,1H3. The molecule has 2 saturated heterocycles. The lowest BCUT2D eigenvalue weighted by Gasteiger charge is -2.42. The van der Waals surface area contributed by atoms with Gasteiger partial charge in [-0.2, -0.15) is 0 Å². The fourth-order valence-corrected chi connectivity index (χ4v) is 3.09. The number of likely N-dealkylation sites (tertiary alicyclic amines) is 1. The zero-order valence-corrected chi connectivity index (χ0v) is 8.41. The SMILES string of the molecule is CCN1CCC2C1CN2I. The molecule has 0 bridgehead atoms. The molecule has 0 amide bonds. The summed E-state index contributed by atoms with van der Waals surface area (Å²) >= 11 is 2.44. The van der Waals surface area contributed by atoms with E-state index in [9.17, 15) is 0 Å². The van der Waals surface area contributed by atoms with Gasteiger partial charge in [-0.1, -0.05) is 6.92 Å². The highest BCUT2D eigenvalue weighted by Crippen LogP contribution is 2.34. The van der Waals surface area contributed by atoms with Crippen molar-refractivity contribution in [2.24, 2.45) is 0 Å². The molecule has 0 radical (unpaired) electrons. The van der Waals surface area contributed by atoms with Crippen LogP contribution in [0.25, 0.3) is 0 Å². The third kappa shape index (κ3) is 0.905. The molecule has 0 spiro atoms. The summed E-state index contributed by atoms with van der Waals surface area (Å²) in [5, 5.41) is 0. The highest BCUT2D eigenvalue weighted by atomic mass is 127. The quantitative estimate of drug-likeness (QED) is 0.509. The lowest BCUT2D eigenvalue weighted by Crippen LogP contribution is -2.57. The van der Waals surface area contributed by atoms with E-state index in [0.29, 0.717) is 0 Å². The van der Waals surface area contributed by atoms with E-state index in [1.807, 2.05) is 0 Å². The van der Waals surface area contributed by atoms with Crippen LogP contribution in [0.3, 0.4) is 0 Å². The van der Waals surface area contributed by atoms with Gasteiger partial charge in [0.25, 0.3) is 0 Å². The number of hydrogen-bond acceptors (Lipinski definition) is 2. The van der Waals surface area contributed by atoms with Gasteiger partial charge >= 0.3 is 0 Å². The molecule has 2 atom stereocenters. The molecule has 2 heterocycles. The fraction of sp³-hybridized carbons (Fsp3) is 1.00. The molecule has 2 rings (SSSR count). The van der Waals surface area contributed by atoms with Crippen LogP contribution in [0.5, 0.6) is 0 Å². The summed E-state index contributed by atoms with van der Waals surface area (Å²) < 4.78 is 2.44. The van der Waals surface area contributed by atoms with Gasteiger partial charge in [0.15, 0.2) is 0 Å². The molecule has 2 aliphatic heterocycles. The molecule has 0 aliphatic carbocycles. The maximum Gasteiger partial charge on any atom is 0.0395 e. The Balaban J connectivity index is 1.97. The molecular formula is C7H13IN2. The Bertz CT molecular complexity index is 134. The average molecular weight is 252 g/mol. The molecule has 0 aromatic heterocycles. The van der Waals surface area contributed by atoms with Crippen LogP contribution >= 0.6 is 22.9 Å². The number of hydrogen-bond donors (Lipinski definition) is 0. The summed E-state index contributed by atoms with van der Waals surface area (Å²) in [6.07, 6.45) is 1.39. The van der Waals surface area contributed by atoms with Crippen LogP contribution in [0.4, 0.5) is 0 Å². The second-order valence-electron chi connectivity index (χ2n) is 3.13. The van der Waals surface area contributed by atoms with Crippen LogP contribution in [0.2, 0.25) is 0 Å². The van der Waals surface area contributed by atoms with E-state index in [0.717, 1.165) is 12.1 Å². The molecule has 10 heavy (non-hydrogen) atoms. The van der Waals surface area contributed by atoms with E-state index in [-0.39, 0.29) is 0 Å². The fourth-order valence-electron chi connectivity index (χ4n) is 2.03. The van der Waals surface area contributed by atoms with Crippen molar-refractivity contribution in [1.29, 1.82) is 0 Å². The van der Waals surface area contributed by atoms with E-state index >= 15 is 0 Å². The molecular weight excluding hydrogens is 239 g/mol. The zero-order valence-electron chi connectivity index (χ0n) is 6.26. The van der Waals surface area contributed by atoms with Crippen LogP contribution in [0.15, 0.2) is 0 Å². The summed E-state index contributed by atoms with van der Waals surface area (Å²) in [6.45, 7) is 6.12. The number of nitrogens with zero attached hydrogens (tertiary/aromatic N) is 2. The summed E-state index contributed by atoms with van der Waals surface area (Å²) in [4.78, 5) is 2.60. The Morgan fingerprint density at radius 1 is 1.50 bits per heavy atom. The minimum Gasteiger partial charge on any atom is -0.298 e. The molecule has 0 saturated carbocycles. The van der Waals surface area contributed by atoms with E-state index in [1.54, 1.807) is 0 Å². The van der Waals surface area contributed by atoms with Gasteiger partial charge in [-0.15, -0.1) is 0 Å². The van der Waals surface area contributed by atoms with Gasteiger partial charge < -0.3 is 0 Å². The summed E-state index contributed by atoms with van der Waals surface area (Å²) in [5.74, 6) is 0. The minimum atomic E-state index is 0.889. The first-order valence-electron chi connectivity index (χ1n) is 3.99. The second-order valence-corrected chi connectivity index (χ2v) is 4.37. The van der Waals surface area contributed by atoms with Gasteiger partial charge in [0, 0.05) is 48.0 Å². The summed E-state index contributed by atoms with van der Waals surface area (Å²) in [6, 6.07) is 1.79. The molecule has 58 valence electrons. The Hall–Kier alpha value is 0.650. The molecule has 0 N–H and O–H groups in total. The Labute approximate surface area is 76.1 Å². The second kappa shape index (κ2) is 2.60. The van der Waals surface area contributed by atoms with Crippen molar-refractivity contribution in [3.05, 3.63) is 0 Å². The molecule has 2 unspecified atom stereocenters. The topological polar surface area (TPSA) is 6.48 Å². The minimum absolute atomic E-state index is 0.889. The van der Waals surface area contributed by atoms with E-state index in [4.69, 9.17) is 0 Å². The van der Waals surface area contributed by atoms with Gasteiger partial charge in [0.1, 0.15) is 0 Å². The van der Waals surface area contributed by atoms with Crippen LogP contribution in [-0.2, 0) is 0 Å². The highest BCUT2D eigenvalue weighted by molar-refractivity contribution is 14.1. The first kappa shape index (κ1) is 7.31. The van der Waals surface area contributed by atoms with Gasteiger partial charge in [-0.05, 0) is 13.0 Å². The van der Waals surface area contributed by atoms with Gasteiger partial charge in [-0.3, -0.25) is 4.90 Å². The van der Waals surface area contributed by atoms with Gasteiger partial charge in [0.2, 0.25) is 0 Å². The number of fused-ring (bicyclic) bond motifs is 1. The predicted molar refractivity (Wildman–Crippen MR) is 50.2 cm³/mol. The van der Waals surface area contributed by atoms with Crippen molar-refractivity contribution in [1.82, 2.24) is 8.01 Å². The monoisotopic (exact) mass is 252 g/mol. The third-order valence-electron chi connectivity index (χ3n) is 2.75. The van der Waals surface area contributed by atoms with Crippen molar-refractivity contribution < 1.29 is 0 Å². The van der Waals surface area contributed by atoms with Crippen molar-refractivity contribution in [3.63, 3.8) is 0 Å². The van der Waals surface area contributed by atoms with E-state index in [2.05, 4.69) is 37.8 Å². The smallest absolute Gasteiger partial charge is 0.0395 e. The maximum absolute atomic E-state index is 2.60. The van der Waals surface area contributed by atoms with Crippen LogP contribution < -0.4 is 0 Å². The first-order chi connectivity index (χ1) is 4.83. The largest absolute Gasteiger partial charge is 0.298 e. The summed E-state index contributed by atoms with van der Waals surface area (Å²) in [7, 11) is 0. The van der Waals surface area contributed by atoms with Crippen molar-refractivity contribution in [3.8, 4) is 0 Å². The number of rotatable bonds is 1. The predicted octanol–water partition coefficient (Wildman–Crippen LogP) is 1.11. The molecule has 3 heteroatoms. The molecule has 2 fully saturated rings. The maximum atomic E-state index is 2.60. The molecule has 2 aliphatic rings. The van der Waals surface area contributed by atoms with Crippen LogP contribution in [0.1, 0.15) is 13.3 Å². The van der Waals surface area contributed by atoms with Crippen molar-refractivity contribution in [2.75, 3.05) is 19.6 Å². The first-order valence-corrected chi connectivity index (χ1v) is 4.96. The molecule has 0 aromatic carbocycles. The normalized spacial score (nSPS) is 41.4. The Kier molecular flexibility index (Phi) is 1.90. The average Bonchev–Trinajstić information content (AvgIpc) is 2.25. The van der Waals surface area contributed by atoms with Crippen LogP contribution in [0, 0.1) is 0 Å². The third-order valence-corrected chi connectivity index (χ3v) is 3.86. The van der Waals surface area contributed by atoms with Gasteiger partial charge in [0.05, 0.1) is 0 Å². The lowest BCUT2D eigenvalue weighted by atomic mass is 10.0. The van der Waals surface area contributed by atoms with Gasteiger partial charge in [-0.25, -0.2) is 3.11 Å². The lowest BCUT2D eigenvalue weighted by molar-refractivity contribution is 0.121. The van der Waals surface area contributed by atoms with Crippen molar-refractivity contribution in [2.45, 2.75) is 25.4 Å². The Morgan fingerprint density at radius 3 is 2.80 bits per heavy atom. The van der Waals surface area contributed by atoms with Crippen LogP contribution in [-0.4, -0.2) is 39.7 Å². The molecule has 0 aromatic rings. The molecule has 2 nitrogen and oxygen atoms in total.